The summed E-state index contributed by atoms with van der Waals surface area (Å²) in [5.41, 5.74) is 0. The van der Waals surface area contributed by atoms with Crippen LogP contribution in [-0.2, 0) is 14.3 Å². The number of amides is 1. The predicted molar refractivity (Wildman–Crippen MR) is 80.7 cm³/mol. The van der Waals surface area contributed by atoms with Gasteiger partial charge < -0.3 is 14.7 Å². The molecule has 0 atom stereocenters. The molecule has 21 heavy (non-hydrogen) atoms. The van der Waals surface area contributed by atoms with Crippen molar-refractivity contribution in [3.8, 4) is 0 Å². The van der Waals surface area contributed by atoms with Gasteiger partial charge in [0.1, 0.15) is 0 Å². The number of nitrogens with zero attached hydrogens (tertiary/aromatic N) is 1. The summed E-state index contributed by atoms with van der Waals surface area (Å²) in [5.74, 6) is 0.477. The zero-order valence-corrected chi connectivity index (χ0v) is 13.2. The molecule has 0 saturated heterocycles. The third-order valence-corrected chi connectivity index (χ3v) is 4.24. The van der Waals surface area contributed by atoms with Gasteiger partial charge in [-0.1, -0.05) is 32.1 Å². The van der Waals surface area contributed by atoms with E-state index in [1.165, 1.54) is 39.2 Å². The second kappa shape index (κ2) is 10.6. The lowest BCUT2D eigenvalue weighted by Gasteiger charge is -2.25. The van der Waals surface area contributed by atoms with Crippen LogP contribution in [0.4, 0.5) is 0 Å². The van der Waals surface area contributed by atoms with Crippen molar-refractivity contribution in [1.82, 2.24) is 4.90 Å². The van der Waals surface area contributed by atoms with E-state index in [1.54, 1.807) is 4.90 Å². The minimum absolute atomic E-state index is 0.0601. The first-order valence-corrected chi connectivity index (χ1v) is 8.12. The summed E-state index contributed by atoms with van der Waals surface area (Å²) in [7, 11) is 1.35. The van der Waals surface area contributed by atoms with E-state index in [0.29, 0.717) is 31.8 Å². The first kappa shape index (κ1) is 18.0. The van der Waals surface area contributed by atoms with Crippen molar-refractivity contribution in [3.05, 3.63) is 0 Å². The molecule has 1 amide bonds. The van der Waals surface area contributed by atoms with Crippen molar-refractivity contribution >= 4 is 11.9 Å². The number of methoxy groups -OCH3 is 1. The van der Waals surface area contributed by atoms with E-state index in [0.717, 1.165) is 6.42 Å². The molecule has 0 spiro atoms. The van der Waals surface area contributed by atoms with Crippen molar-refractivity contribution in [3.63, 3.8) is 0 Å². The fourth-order valence-corrected chi connectivity index (χ4v) is 2.91. The highest BCUT2D eigenvalue weighted by Gasteiger charge is 2.18. The monoisotopic (exact) mass is 299 g/mol. The van der Waals surface area contributed by atoms with Crippen LogP contribution in [0.2, 0.25) is 0 Å². The molecule has 1 aliphatic rings. The van der Waals surface area contributed by atoms with Gasteiger partial charge in [-0.2, -0.15) is 0 Å². The molecule has 1 N–H and O–H groups in total. The van der Waals surface area contributed by atoms with Crippen molar-refractivity contribution in [2.75, 3.05) is 26.8 Å². The van der Waals surface area contributed by atoms with Crippen molar-refractivity contribution in [2.24, 2.45) is 5.92 Å². The van der Waals surface area contributed by atoms with Crippen molar-refractivity contribution < 1.29 is 19.4 Å². The number of aliphatic hydroxyl groups is 1. The van der Waals surface area contributed by atoms with Crippen LogP contribution in [0.25, 0.3) is 0 Å². The fraction of sp³-hybridized carbons (Fsp3) is 0.875. The molecule has 0 aromatic rings. The Balaban J connectivity index is 2.35. The highest BCUT2D eigenvalue weighted by atomic mass is 16.5. The Morgan fingerprint density at radius 1 is 1.14 bits per heavy atom. The molecule has 1 saturated carbocycles. The zero-order valence-electron chi connectivity index (χ0n) is 13.2. The zero-order chi connectivity index (χ0) is 15.5. The summed E-state index contributed by atoms with van der Waals surface area (Å²) in [5, 5.41) is 8.92. The van der Waals surface area contributed by atoms with Crippen LogP contribution in [0.1, 0.15) is 57.8 Å². The SMILES string of the molecule is COC(=O)CCN(CCCO)C(=O)CCC1CCCCC1. The lowest BCUT2D eigenvalue weighted by molar-refractivity contribution is -0.141. The molecular formula is C16H29NO4. The van der Waals surface area contributed by atoms with Gasteiger partial charge in [-0.15, -0.1) is 0 Å². The lowest BCUT2D eigenvalue weighted by Crippen LogP contribution is -2.34. The maximum Gasteiger partial charge on any atom is 0.307 e. The van der Waals surface area contributed by atoms with Gasteiger partial charge in [0, 0.05) is 26.1 Å². The largest absolute Gasteiger partial charge is 0.469 e. The van der Waals surface area contributed by atoms with Gasteiger partial charge in [0.2, 0.25) is 5.91 Å². The maximum atomic E-state index is 12.3. The van der Waals surface area contributed by atoms with Gasteiger partial charge in [-0.3, -0.25) is 9.59 Å². The van der Waals surface area contributed by atoms with Crippen LogP contribution in [0, 0.1) is 5.92 Å². The van der Waals surface area contributed by atoms with Crippen LogP contribution in [-0.4, -0.2) is 48.7 Å². The molecule has 0 bridgehead atoms. The molecule has 5 heteroatoms. The Bertz CT molecular complexity index is 313. The van der Waals surface area contributed by atoms with E-state index in [1.807, 2.05) is 0 Å². The van der Waals surface area contributed by atoms with Crippen molar-refractivity contribution in [2.45, 2.75) is 57.8 Å². The minimum atomic E-state index is -0.302. The van der Waals surface area contributed by atoms with Crippen molar-refractivity contribution in [1.29, 1.82) is 0 Å². The number of esters is 1. The summed E-state index contributed by atoms with van der Waals surface area (Å²) in [4.78, 5) is 25.2. The van der Waals surface area contributed by atoms with Crippen LogP contribution in [0.5, 0.6) is 0 Å². The number of hydrogen-bond acceptors (Lipinski definition) is 4. The fourth-order valence-electron chi connectivity index (χ4n) is 2.91. The van der Waals surface area contributed by atoms with Crippen LogP contribution in [0.15, 0.2) is 0 Å². The third-order valence-electron chi connectivity index (χ3n) is 4.24. The highest BCUT2D eigenvalue weighted by Crippen LogP contribution is 2.27. The van der Waals surface area contributed by atoms with E-state index in [9.17, 15) is 9.59 Å². The average molecular weight is 299 g/mol. The van der Waals surface area contributed by atoms with Gasteiger partial charge in [-0.25, -0.2) is 0 Å². The van der Waals surface area contributed by atoms with E-state index in [4.69, 9.17) is 5.11 Å². The summed E-state index contributed by atoms with van der Waals surface area (Å²) >= 11 is 0. The number of carbonyl (C=O) groups excluding carboxylic acids is 2. The van der Waals surface area contributed by atoms with E-state index in [2.05, 4.69) is 4.74 Å². The summed E-state index contributed by atoms with van der Waals surface area (Å²) in [6, 6.07) is 0. The molecule has 0 aliphatic heterocycles. The molecule has 1 aliphatic carbocycles. The van der Waals surface area contributed by atoms with E-state index < -0.39 is 0 Å². The first-order valence-electron chi connectivity index (χ1n) is 8.12. The maximum absolute atomic E-state index is 12.3. The minimum Gasteiger partial charge on any atom is -0.469 e. The van der Waals surface area contributed by atoms with Gasteiger partial charge >= 0.3 is 5.97 Å². The molecule has 122 valence electrons. The van der Waals surface area contributed by atoms with Crippen LogP contribution >= 0.6 is 0 Å². The molecule has 0 radical (unpaired) electrons. The standard InChI is InChI=1S/C16H29NO4/c1-21-16(20)10-12-17(11-5-13-18)15(19)9-8-14-6-3-2-4-7-14/h14,18H,2-13H2,1H3. The first-order chi connectivity index (χ1) is 10.2. The van der Waals surface area contributed by atoms with Gasteiger partial charge in [0.05, 0.1) is 13.5 Å². The molecule has 0 unspecified atom stereocenters. The van der Waals surface area contributed by atoms with Gasteiger partial charge in [0.15, 0.2) is 0 Å². The Labute approximate surface area is 127 Å². The van der Waals surface area contributed by atoms with Gasteiger partial charge in [0.25, 0.3) is 0 Å². The highest BCUT2D eigenvalue weighted by molar-refractivity contribution is 5.77. The number of aliphatic hydroxyl groups excluding tert-OH is 1. The normalized spacial score (nSPS) is 15.7. The quantitative estimate of drug-likeness (QED) is 0.662. The Kier molecular flexibility index (Phi) is 9.06. The molecule has 0 aromatic carbocycles. The van der Waals surface area contributed by atoms with Crippen LogP contribution < -0.4 is 0 Å². The number of ether oxygens (including phenoxy) is 1. The third kappa shape index (κ3) is 7.46. The molecule has 0 heterocycles. The van der Waals surface area contributed by atoms with Crippen LogP contribution in [0.3, 0.4) is 0 Å². The summed E-state index contributed by atoms with van der Waals surface area (Å²) < 4.78 is 4.61. The molecule has 5 nitrogen and oxygen atoms in total. The smallest absolute Gasteiger partial charge is 0.307 e. The summed E-state index contributed by atoms with van der Waals surface area (Å²) in [6.07, 6.45) is 8.66. The molecule has 1 fully saturated rings. The van der Waals surface area contributed by atoms with E-state index >= 15 is 0 Å². The number of hydrogen-bond donors (Lipinski definition) is 1. The topological polar surface area (TPSA) is 66.8 Å². The second-order valence-electron chi connectivity index (χ2n) is 5.83. The van der Waals surface area contributed by atoms with E-state index in [-0.39, 0.29) is 24.9 Å². The Hall–Kier alpha value is -1.10. The van der Waals surface area contributed by atoms with Gasteiger partial charge in [-0.05, 0) is 18.8 Å². The number of rotatable bonds is 9. The lowest BCUT2D eigenvalue weighted by atomic mass is 9.86. The predicted octanol–water partition coefficient (Wildman–Crippen LogP) is 2.12. The Morgan fingerprint density at radius 2 is 1.86 bits per heavy atom. The molecule has 0 aromatic heterocycles. The molecular weight excluding hydrogens is 270 g/mol. The molecule has 1 rings (SSSR count). The Morgan fingerprint density at radius 3 is 2.48 bits per heavy atom. The average Bonchev–Trinajstić information content (AvgIpc) is 2.53. The summed E-state index contributed by atoms with van der Waals surface area (Å²) in [6.45, 7) is 0.956. The second-order valence-corrected chi connectivity index (χ2v) is 5.83. The number of carbonyl (C=O) groups is 2.